The third kappa shape index (κ3) is 2.67. The van der Waals surface area contributed by atoms with Crippen molar-refractivity contribution in [3.8, 4) is 11.1 Å². The molecule has 3 aromatic rings. The molecule has 0 amide bonds. The fourth-order valence-corrected chi connectivity index (χ4v) is 4.81. The van der Waals surface area contributed by atoms with Crippen LogP contribution in [0.4, 0.5) is 0 Å². The first kappa shape index (κ1) is 18.5. The third-order valence-electron chi connectivity index (χ3n) is 6.10. The summed E-state index contributed by atoms with van der Waals surface area (Å²) in [7, 11) is 0. The molecule has 0 bridgehead atoms. The van der Waals surface area contributed by atoms with Crippen molar-refractivity contribution in [2.24, 2.45) is 0 Å². The van der Waals surface area contributed by atoms with Crippen molar-refractivity contribution >= 4 is 0 Å². The Morgan fingerprint density at radius 2 is 1.18 bits per heavy atom. The number of aryl methyl sites for hydroxylation is 1. The molecule has 140 valence electrons. The summed E-state index contributed by atoms with van der Waals surface area (Å²) in [5.74, 6) is 0. The van der Waals surface area contributed by atoms with E-state index in [9.17, 15) is 0 Å². The highest BCUT2D eigenvalue weighted by Crippen LogP contribution is 2.56. The maximum atomic E-state index is 2.31. The Morgan fingerprint density at radius 1 is 0.679 bits per heavy atom. The molecule has 0 aromatic heterocycles. The highest BCUT2D eigenvalue weighted by molar-refractivity contribution is 5.86. The maximum absolute atomic E-state index is 2.31. The van der Waals surface area contributed by atoms with Crippen LogP contribution in [-0.2, 0) is 5.41 Å². The van der Waals surface area contributed by atoms with Crippen LogP contribution in [0.25, 0.3) is 11.1 Å². The summed E-state index contributed by atoms with van der Waals surface area (Å²) in [5, 5.41) is 0. The lowest BCUT2D eigenvalue weighted by Crippen LogP contribution is -2.29. The van der Waals surface area contributed by atoms with Crippen molar-refractivity contribution in [1.82, 2.24) is 0 Å². The standard InChI is InChI=1S/C28H28/c1-19(2)18-21(4)22(5)28(23-16-14-20(3)15-17-23)26-12-8-6-10-24(26)25-11-7-9-13-27(25)28/h6-18H,1-5H3/b22-21+. The van der Waals surface area contributed by atoms with Crippen LogP contribution in [0.3, 0.4) is 0 Å². The third-order valence-corrected chi connectivity index (χ3v) is 6.10. The highest BCUT2D eigenvalue weighted by Gasteiger charge is 2.46. The van der Waals surface area contributed by atoms with Crippen molar-refractivity contribution in [1.29, 1.82) is 0 Å². The fourth-order valence-electron chi connectivity index (χ4n) is 4.81. The molecule has 0 heterocycles. The number of allylic oxidation sites excluding steroid dienone is 4. The van der Waals surface area contributed by atoms with Gasteiger partial charge in [0.15, 0.2) is 0 Å². The van der Waals surface area contributed by atoms with E-state index in [1.165, 1.54) is 50.1 Å². The minimum absolute atomic E-state index is 0.253. The first-order valence-electron chi connectivity index (χ1n) is 10.1. The first-order chi connectivity index (χ1) is 13.5. The van der Waals surface area contributed by atoms with E-state index in [0.29, 0.717) is 0 Å². The van der Waals surface area contributed by atoms with E-state index in [0.717, 1.165) is 0 Å². The highest BCUT2D eigenvalue weighted by atomic mass is 14.5. The van der Waals surface area contributed by atoms with E-state index in [1.54, 1.807) is 0 Å². The summed E-state index contributed by atoms with van der Waals surface area (Å²) in [5.41, 5.74) is 11.9. The number of rotatable bonds is 3. The van der Waals surface area contributed by atoms with Gasteiger partial charge in [0.25, 0.3) is 0 Å². The Morgan fingerprint density at radius 3 is 1.68 bits per heavy atom. The largest absolute Gasteiger partial charge is 0.0762 e. The molecule has 0 radical (unpaired) electrons. The van der Waals surface area contributed by atoms with Crippen molar-refractivity contribution in [2.75, 3.05) is 0 Å². The van der Waals surface area contributed by atoms with Crippen LogP contribution < -0.4 is 0 Å². The van der Waals surface area contributed by atoms with E-state index >= 15 is 0 Å². The van der Waals surface area contributed by atoms with Gasteiger partial charge in [-0.05, 0) is 62.4 Å². The minimum Gasteiger partial charge on any atom is -0.0762 e. The van der Waals surface area contributed by atoms with Gasteiger partial charge in [-0.3, -0.25) is 0 Å². The Balaban J connectivity index is 2.17. The second-order valence-corrected chi connectivity index (χ2v) is 8.24. The summed E-state index contributed by atoms with van der Waals surface area (Å²) < 4.78 is 0. The summed E-state index contributed by atoms with van der Waals surface area (Å²) in [6.45, 7) is 11.1. The summed E-state index contributed by atoms with van der Waals surface area (Å²) in [6.07, 6.45) is 2.31. The Bertz CT molecular complexity index is 1040. The second kappa shape index (κ2) is 6.95. The van der Waals surface area contributed by atoms with Crippen LogP contribution in [-0.4, -0.2) is 0 Å². The molecule has 0 saturated heterocycles. The lowest BCUT2D eigenvalue weighted by molar-refractivity contribution is 0.738. The molecule has 0 fully saturated rings. The normalized spacial score (nSPS) is 14.8. The van der Waals surface area contributed by atoms with Gasteiger partial charge >= 0.3 is 0 Å². The molecule has 0 heteroatoms. The van der Waals surface area contributed by atoms with Gasteiger partial charge in [0.1, 0.15) is 0 Å². The monoisotopic (exact) mass is 364 g/mol. The van der Waals surface area contributed by atoms with Gasteiger partial charge in [0, 0.05) is 0 Å². The van der Waals surface area contributed by atoms with E-state index in [4.69, 9.17) is 0 Å². The molecule has 0 saturated carbocycles. The zero-order valence-corrected chi connectivity index (χ0v) is 17.5. The predicted octanol–water partition coefficient (Wildman–Crippen LogP) is 7.61. The van der Waals surface area contributed by atoms with E-state index in [2.05, 4.69) is 113 Å². The molecule has 3 aromatic carbocycles. The molecule has 1 aliphatic rings. The molecule has 4 rings (SSSR count). The topological polar surface area (TPSA) is 0 Å². The van der Waals surface area contributed by atoms with Gasteiger partial charge in [-0.1, -0.05) is 101 Å². The van der Waals surface area contributed by atoms with E-state index in [-0.39, 0.29) is 5.41 Å². The molecule has 0 spiro atoms. The number of hydrogen-bond donors (Lipinski definition) is 0. The molecular weight excluding hydrogens is 336 g/mol. The lowest BCUT2D eigenvalue weighted by atomic mass is 9.66. The summed E-state index contributed by atoms with van der Waals surface area (Å²) in [4.78, 5) is 0. The molecule has 0 atom stereocenters. The lowest BCUT2D eigenvalue weighted by Gasteiger charge is -2.35. The average molecular weight is 365 g/mol. The molecule has 0 aliphatic heterocycles. The summed E-state index contributed by atoms with van der Waals surface area (Å²) in [6, 6.07) is 26.9. The first-order valence-corrected chi connectivity index (χ1v) is 10.1. The SMILES string of the molecule is CC(C)=C/C(C)=C(\C)C1(c2ccc(C)cc2)c2ccccc2-c2ccccc21. The smallest absolute Gasteiger partial charge is 0.0676 e. The molecule has 28 heavy (non-hydrogen) atoms. The number of benzene rings is 3. The number of hydrogen-bond acceptors (Lipinski definition) is 0. The van der Waals surface area contributed by atoms with Crippen LogP contribution in [0.5, 0.6) is 0 Å². The Labute approximate surface area is 169 Å². The van der Waals surface area contributed by atoms with Gasteiger partial charge in [0.05, 0.1) is 5.41 Å². The van der Waals surface area contributed by atoms with E-state index in [1.807, 2.05) is 0 Å². The Kier molecular flexibility index (Phi) is 4.59. The maximum Gasteiger partial charge on any atom is 0.0676 e. The van der Waals surface area contributed by atoms with E-state index < -0.39 is 0 Å². The Hall–Kier alpha value is -2.86. The van der Waals surface area contributed by atoms with Crippen LogP contribution >= 0.6 is 0 Å². The quantitative estimate of drug-likeness (QED) is 0.419. The van der Waals surface area contributed by atoms with Gasteiger partial charge in [-0.25, -0.2) is 0 Å². The zero-order valence-electron chi connectivity index (χ0n) is 17.5. The minimum atomic E-state index is -0.253. The van der Waals surface area contributed by atoms with Gasteiger partial charge in [-0.2, -0.15) is 0 Å². The summed E-state index contributed by atoms with van der Waals surface area (Å²) >= 11 is 0. The van der Waals surface area contributed by atoms with Gasteiger partial charge in [0.2, 0.25) is 0 Å². The van der Waals surface area contributed by atoms with Crippen molar-refractivity contribution < 1.29 is 0 Å². The van der Waals surface area contributed by atoms with Crippen molar-refractivity contribution in [3.63, 3.8) is 0 Å². The van der Waals surface area contributed by atoms with Crippen LogP contribution in [0.1, 0.15) is 49.9 Å². The average Bonchev–Trinajstić information content (AvgIpc) is 2.99. The van der Waals surface area contributed by atoms with Crippen LogP contribution in [0.2, 0.25) is 0 Å². The second-order valence-electron chi connectivity index (χ2n) is 8.24. The number of fused-ring (bicyclic) bond motifs is 3. The zero-order chi connectivity index (χ0) is 19.9. The molecule has 0 nitrogen and oxygen atoms in total. The van der Waals surface area contributed by atoms with Gasteiger partial charge in [-0.15, -0.1) is 0 Å². The molecule has 0 N–H and O–H groups in total. The van der Waals surface area contributed by atoms with Crippen molar-refractivity contribution in [3.05, 3.63) is 118 Å². The molecular formula is C28H28. The van der Waals surface area contributed by atoms with Gasteiger partial charge < -0.3 is 0 Å². The fraction of sp³-hybridized carbons (Fsp3) is 0.214. The van der Waals surface area contributed by atoms with Crippen molar-refractivity contribution in [2.45, 2.75) is 40.0 Å². The molecule has 0 unspecified atom stereocenters. The molecule has 1 aliphatic carbocycles. The predicted molar refractivity (Wildman–Crippen MR) is 121 cm³/mol. The van der Waals surface area contributed by atoms with Crippen LogP contribution in [0.15, 0.2) is 95.6 Å². The van der Waals surface area contributed by atoms with Crippen LogP contribution in [0, 0.1) is 6.92 Å².